The molecule has 0 radical (unpaired) electrons. The van der Waals surface area contributed by atoms with Crippen LogP contribution in [-0.4, -0.2) is 87.3 Å². The molecule has 12 nitrogen and oxygen atoms in total. The number of fused-ring (bicyclic) bond motifs is 1. The van der Waals surface area contributed by atoms with Crippen molar-refractivity contribution in [2.75, 3.05) is 18.6 Å². The molecule has 3 rings (SSSR count). The molecule has 1 aromatic heterocycles. The maximum absolute atomic E-state index is 13.6. The topological polar surface area (TPSA) is 201 Å². The fourth-order valence-corrected chi connectivity index (χ4v) is 5.04. The van der Waals surface area contributed by atoms with Crippen molar-refractivity contribution in [1.82, 2.24) is 20.5 Å². The largest absolute Gasteiger partial charge is 0.480 e. The number of nitrogens with zero attached hydrogens (tertiary/aromatic N) is 1. The number of H-pyrrole nitrogens is 1. The van der Waals surface area contributed by atoms with Gasteiger partial charge in [0.05, 0.1) is 12.5 Å². The zero-order valence-corrected chi connectivity index (χ0v) is 22.0. The van der Waals surface area contributed by atoms with Crippen LogP contribution in [0.2, 0.25) is 0 Å². The number of benzene rings is 1. The van der Waals surface area contributed by atoms with E-state index in [1.807, 2.05) is 30.5 Å². The van der Waals surface area contributed by atoms with Gasteiger partial charge < -0.3 is 37.1 Å². The molecule has 1 saturated heterocycles. The molecular weight excluding hydrogens is 512 g/mol. The Labute approximate surface area is 224 Å². The van der Waals surface area contributed by atoms with Crippen molar-refractivity contribution >= 4 is 52.3 Å². The summed E-state index contributed by atoms with van der Waals surface area (Å²) >= 11 is 1.47. The number of carboxylic acid groups (broad SMARTS) is 1. The molecule has 0 bridgehead atoms. The third-order valence-electron chi connectivity index (χ3n) is 6.54. The van der Waals surface area contributed by atoms with Gasteiger partial charge in [0, 0.05) is 30.1 Å². The van der Waals surface area contributed by atoms with Crippen molar-refractivity contribution in [3.63, 3.8) is 0 Å². The number of amides is 4. The van der Waals surface area contributed by atoms with E-state index >= 15 is 0 Å². The predicted octanol–water partition coefficient (Wildman–Crippen LogP) is -0.289. The van der Waals surface area contributed by atoms with E-state index in [4.69, 9.17) is 11.5 Å². The highest BCUT2D eigenvalue weighted by Crippen LogP contribution is 2.23. The van der Waals surface area contributed by atoms with Gasteiger partial charge in [-0.3, -0.25) is 19.2 Å². The van der Waals surface area contributed by atoms with Gasteiger partial charge in [-0.05, 0) is 42.9 Å². The van der Waals surface area contributed by atoms with Gasteiger partial charge in [-0.1, -0.05) is 18.2 Å². The molecule has 2 aromatic rings. The number of primary amides is 1. The Morgan fingerprint density at radius 3 is 2.55 bits per heavy atom. The number of rotatable bonds is 13. The summed E-state index contributed by atoms with van der Waals surface area (Å²) < 4.78 is 0. The van der Waals surface area contributed by atoms with Gasteiger partial charge in [0.2, 0.25) is 23.6 Å². The number of hydrogen-bond acceptors (Lipinski definition) is 7. The Morgan fingerprint density at radius 1 is 1.16 bits per heavy atom. The lowest BCUT2D eigenvalue weighted by atomic mass is 10.0. The van der Waals surface area contributed by atoms with Crippen molar-refractivity contribution in [2.24, 2.45) is 11.5 Å². The number of nitrogens with two attached hydrogens (primary N) is 2. The second-order valence-electron chi connectivity index (χ2n) is 9.27. The van der Waals surface area contributed by atoms with E-state index in [9.17, 15) is 29.1 Å². The van der Waals surface area contributed by atoms with E-state index in [2.05, 4.69) is 15.6 Å². The number of carboxylic acids is 1. The second kappa shape index (κ2) is 13.3. The summed E-state index contributed by atoms with van der Waals surface area (Å²) in [4.78, 5) is 66.9. The van der Waals surface area contributed by atoms with Crippen molar-refractivity contribution < 1.29 is 29.1 Å². The first-order valence-corrected chi connectivity index (χ1v) is 13.7. The van der Waals surface area contributed by atoms with Crippen LogP contribution < -0.4 is 22.1 Å². The Kier molecular flexibility index (Phi) is 10.1. The van der Waals surface area contributed by atoms with Gasteiger partial charge in [-0.15, -0.1) is 0 Å². The summed E-state index contributed by atoms with van der Waals surface area (Å²) in [5, 5.41) is 15.8. The molecule has 4 atom stereocenters. The zero-order valence-electron chi connectivity index (χ0n) is 21.1. The van der Waals surface area contributed by atoms with Gasteiger partial charge in [0.1, 0.15) is 18.1 Å². The van der Waals surface area contributed by atoms with Gasteiger partial charge in [-0.2, -0.15) is 11.8 Å². The lowest BCUT2D eigenvalue weighted by Crippen LogP contribution is -2.58. The van der Waals surface area contributed by atoms with E-state index in [0.29, 0.717) is 18.6 Å². The van der Waals surface area contributed by atoms with Gasteiger partial charge >= 0.3 is 5.97 Å². The average Bonchev–Trinajstić information content (AvgIpc) is 3.53. The summed E-state index contributed by atoms with van der Waals surface area (Å²) in [7, 11) is 0. The van der Waals surface area contributed by atoms with E-state index in [0.717, 1.165) is 16.5 Å². The van der Waals surface area contributed by atoms with Crippen molar-refractivity contribution in [2.45, 2.75) is 56.3 Å². The zero-order chi connectivity index (χ0) is 27.8. The third kappa shape index (κ3) is 7.25. The lowest BCUT2D eigenvalue weighted by molar-refractivity contribution is -0.149. The Balaban J connectivity index is 1.85. The molecule has 1 aliphatic heterocycles. The summed E-state index contributed by atoms with van der Waals surface area (Å²) in [6.45, 7) is 0.269. The summed E-state index contributed by atoms with van der Waals surface area (Å²) in [6.07, 6.45) is 4.46. The molecule has 1 fully saturated rings. The fraction of sp³-hybridized carbons (Fsp3) is 0.480. The SMILES string of the molecule is CSCCC(NC(=O)C(N)CC(N)=O)C(=O)NC(Cc1c[nH]c2ccccc12)C(=O)N1CCCC1C(=O)O. The van der Waals surface area contributed by atoms with Crippen LogP contribution in [0.5, 0.6) is 0 Å². The van der Waals surface area contributed by atoms with Gasteiger partial charge in [0.15, 0.2) is 0 Å². The molecule has 206 valence electrons. The number of nitrogens with one attached hydrogen (secondary N) is 3. The molecule has 1 aliphatic rings. The minimum Gasteiger partial charge on any atom is -0.480 e. The number of aromatic nitrogens is 1. The van der Waals surface area contributed by atoms with Crippen LogP contribution in [0.4, 0.5) is 0 Å². The number of aliphatic carboxylic acids is 1. The number of carbonyl (C=O) groups is 5. The van der Waals surface area contributed by atoms with Crippen LogP contribution in [-0.2, 0) is 30.4 Å². The van der Waals surface area contributed by atoms with Crippen LogP contribution in [0, 0.1) is 0 Å². The molecule has 4 amide bonds. The van der Waals surface area contributed by atoms with Crippen molar-refractivity contribution in [3.8, 4) is 0 Å². The molecule has 1 aromatic carbocycles. The minimum atomic E-state index is -1.22. The second-order valence-corrected chi connectivity index (χ2v) is 10.3. The molecule has 8 N–H and O–H groups in total. The Bertz CT molecular complexity index is 1190. The summed E-state index contributed by atoms with van der Waals surface area (Å²) in [5.74, 6) is -3.15. The van der Waals surface area contributed by atoms with E-state index in [-0.39, 0.29) is 25.8 Å². The molecule has 0 saturated carbocycles. The Hall–Kier alpha value is -3.58. The summed E-state index contributed by atoms with van der Waals surface area (Å²) in [6, 6.07) is 3.22. The molecule has 38 heavy (non-hydrogen) atoms. The van der Waals surface area contributed by atoms with Crippen LogP contribution >= 0.6 is 11.8 Å². The monoisotopic (exact) mass is 546 g/mol. The maximum atomic E-state index is 13.6. The smallest absolute Gasteiger partial charge is 0.326 e. The number of para-hydroxylation sites is 1. The van der Waals surface area contributed by atoms with E-state index in [1.54, 1.807) is 6.20 Å². The van der Waals surface area contributed by atoms with Gasteiger partial charge in [-0.25, -0.2) is 4.79 Å². The predicted molar refractivity (Wildman–Crippen MR) is 143 cm³/mol. The quantitative estimate of drug-likeness (QED) is 0.197. The normalized spacial score (nSPS) is 17.5. The van der Waals surface area contributed by atoms with Crippen LogP contribution in [0.1, 0.15) is 31.2 Å². The van der Waals surface area contributed by atoms with Crippen LogP contribution in [0.25, 0.3) is 10.9 Å². The van der Waals surface area contributed by atoms with Crippen molar-refractivity contribution in [1.29, 1.82) is 0 Å². The molecule has 0 aliphatic carbocycles. The minimum absolute atomic E-state index is 0.113. The van der Waals surface area contributed by atoms with Crippen LogP contribution in [0.3, 0.4) is 0 Å². The van der Waals surface area contributed by atoms with E-state index in [1.165, 1.54) is 16.7 Å². The van der Waals surface area contributed by atoms with E-state index < -0.39 is 53.8 Å². The summed E-state index contributed by atoms with van der Waals surface area (Å²) in [5.41, 5.74) is 12.5. The standard InChI is InChI=1S/C25H34N6O6S/c1-38-10-8-18(29-22(33)16(26)12-21(27)32)23(34)30-19(24(35)31-9-4-7-20(31)25(36)37)11-14-13-28-17-6-3-2-5-15(14)17/h2-3,5-6,13,16,18-20,28H,4,7-12,26H2,1H3,(H2,27,32)(H,29,33)(H,30,34)(H,36,37). The number of thioether (sulfide) groups is 1. The molecular formula is C25H34N6O6S. The maximum Gasteiger partial charge on any atom is 0.326 e. The number of carbonyl (C=O) groups excluding carboxylic acids is 4. The molecule has 4 unspecified atom stereocenters. The molecule has 0 spiro atoms. The highest BCUT2D eigenvalue weighted by molar-refractivity contribution is 7.98. The lowest BCUT2D eigenvalue weighted by Gasteiger charge is -2.29. The molecule has 2 heterocycles. The number of hydrogen-bond donors (Lipinski definition) is 6. The average molecular weight is 547 g/mol. The Morgan fingerprint density at radius 2 is 1.87 bits per heavy atom. The highest BCUT2D eigenvalue weighted by Gasteiger charge is 2.38. The third-order valence-corrected chi connectivity index (χ3v) is 7.18. The number of aromatic amines is 1. The van der Waals surface area contributed by atoms with Crippen LogP contribution in [0.15, 0.2) is 30.5 Å². The number of likely N-dealkylation sites (tertiary alicyclic amines) is 1. The highest BCUT2D eigenvalue weighted by atomic mass is 32.2. The van der Waals surface area contributed by atoms with Crippen molar-refractivity contribution in [3.05, 3.63) is 36.0 Å². The first kappa shape index (κ1) is 29.0. The molecule has 13 heteroatoms. The first-order valence-electron chi connectivity index (χ1n) is 12.3. The van der Waals surface area contributed by atoms with Gasteiger partial charge in [0.25, 0.3) is 0 Å². The first-order chi connectivity index (χ1) is 18.1. The fourth-order valence-electron chi connectivity index (χ4n) is 4.57.